The van der Waals surface area contributed by atoms with Gasteiger partial charge in [-0.25, -0.2) is 0 Å². The van der Waals surface area contributed by atoms with Crippen molar-refractivity contribution in [2.45, 2.75) is 19.3 Å². The summed E-state index contributed by atoms with van der Waals surface area (Å²) in [4.78, 5) is 2.45. The average Bonchev–Trinajstić information content (AvgIpc) is 3.57. The molecule has 10 aromatic carbocycles. The fraction of sp³-hybridized carbons (Fsp3) is 0.0492. The number of rotatable bonds is 8. The molecule has 0 saturated heterocycles. The summed E-state index contributed by atoms with van der Waals surface area (Å²) in [6, 6.07) is 86.6. The van der Waals surface area contributed by atoms with Gasteiger partial charge in [-0.3, -0.25) is 0 Å². The zero-order chi connectivity index (χ0) is 41.6. The maximum Gasteiger partial charge on any atom is 0.0540 e. The highest BCUT2D eigenvalue weighted by molar-refractivity contribution is 6.13. The molecule has 1 aliphatic rings. The van der Waals surface area contributed by atoms with E-state index in [2.05, 4.69) is 255 Å². The highest BCUT2D eigenvalue weighted by Gasteiger charge is 2.36. The minimum atomic E-state index is -0.125. The number of hydrogen-bond acceptors (Lipinski definition) is 1. The highest BCUT2D eigenvalue weighted by Crippen LogP contribution is 2.52. The molecule has 0 fully saturated rings. The summed E-state index contributed by atoms with van der Waals surface area (Å²) in [5.74, 6) is 0. The first-order valence-corrected chi connectivity index (χ1v) is 21.6. The summed E-state index contributed by atoms with van der Waals surface area (Å²) >= 11 is 0. The van der Waals surface area contributed by atoms with Crippen LogP contribution in [0, 0.1) is 0 Å². The predicted molar refractivity (Wildman–Crippen MR) is 263 cm³/mol. The van der Waals surface area contributed by atoms with E-state index in [1.807, 2.05) is 0 Å². The van der Waals surface area contributed by atoms with Gasteiger partial charge >= 0.3 is 0 Å². The van der Waals surface area contributed by atoms with Crippen molar-refractivity contribution in [2.75, 3.05) is 4.90 Å². The Morgan fingerprint density at radius 1 is 0.290 bits per heavy atom. The monoisotopic (exact) mass is 791 g/mol. The van der Waals surface area contributed by atoms with Crippen molar-refractivity contribution in [1.29, 1.82) is 0 Å². The van der Waals surface area contributed by atoms with E-state index in [0.29, 0.717) is 0 Å². The lowest BCUT2D eigenvalue weighted by Crippen LogP contribution is -2.16. The van der Waals surface area contributed by atoms with Crippen LogP contribution in [0.1, 0.15) is 25.0 Å². The van der Waals surface area contributed by atoms with Gasteiger partial charge in [0.2, 0.25) is 0 Å². The average molecular weight is 792 g/mol. The number of fused-ring (bicyclic) bond motifs is 4. The molecule has 1 nitrogen and oxygen atoms in total. The van der Waals surface area contributed by atoms with E-state index in [-0.39, 0.29) is 5.41 Å². The minimum absolute atomic E-state index is 0.125. The Balaban J connectivity index is 1.11. The molecule has 11 rings (SSSR count). The number of benzene rings is 10. The molecule has 0 heterocycles. The van der Waals surface area contributed by atoms with Gasteiger partial charge in [-0.15, -0.1) is 0 Å². The second-order valence-corrected chi connectivity index (χ2v) is 16.9. The summed E-state index contributed by atoms with van der Waals surface area (Å²) in [5.41, 5.74) is 20.6. The fourth-order valence-electron chi connectivity index (χ4n) is 9.82. The van der Waals surface area contributed by atoms with E-state index < -0.39 is 0 Å². The largest absolute Gasteiger partial charge is 0.310 e. The van der Waals surface area contributed by atoms with Crippen LogP contribution >= 0.6 is 0 Å². The second kappa shape index (κ2) is 15.4. The highest BCUT2D eigenvalue weighted by atomic mass is 15.1. The first-order valence-electron chi connectivity index (χ1n) is 21.6. The SMILES string of the molecule is CC1(C)c2ccccc2-c2ccc(N(c3ccc(-c4ccc(-c5ccccc5)c5cc(-c6ccccc6)cc(-c6ccccc6)c45)cc3)c3ccccc3-c3ccccc3)cc21. The molecule has 1 heteroatoms. The van der Waals surface area contributed by atoms with Crippen LogP contribution in [0.15, 0.2) is 237 Å². The Bertz CT molecular complexity index is 3220. The van der Waals surface area contributed by atoms with Gasteiger partial charge in [0.25, 0.3) is 0 Å². The lowest BCUT2D eigenvalue weighted by Gasteiger charge is -2.30. The van der Waals surface area contributed by atoms with Crippen molar-refractivity contribution in [2.24, 2.45) is 0 Å². The number of anilines is 3. The Hall–Kier alpha value is -7.74. The van der Waals surface area contributed by atoms with Crippen LogP contribution in [0.25, 0.3) is 77.5 Å². The van der Waals surface area contributed by atoms with E-state index in [9.17, 15) is 0 Å². The standard InChI is InChI=1S/C61H45N/c1-61(2)57-29-17-15-28-53(57)54-36-35-49(41-58(54)61)62(59-30-18-16-27-51(59)44-23-11-5-12-24-44)48-33-31-46(32-34-48)52-38-37-50(43-21-9-4-10-22-43)56-40-47(42-19-7-3-8-20-42)39-55(60(52)56)45-25-13-6-14-26-45/h3-41H,1-2H3. The smallest absolute Gasteiger partial charge is 0.0540 e. The molecule has 0 aromatic heterocycles. The molecular formula is C61H45N. The van der Waals surface area contributed by atoms with E-state index in [1.165, 1.54) is 88.7 Å². The molecule has 0 atom stereocenters. The maximum absolute atomic E-state index is 2.45. The molecule has 62 heavy (non-hydrogen) atoms. The van der Waals surface area contributed by atoms with Gasteiger partial charge in [-0.1, -0.05) is 208 Å². The molecular weight excluding hydrogens is 747 g/mol. The molecule has 0 saturated carbocycles. The molecule has 0 radical (unpaired) electrons. The van der Waals surface area contributed by atoms with Crippen LogP contribution in [0.2, 0.25) is 0 Å². The third-order valence-corrected chi connectivity index (χ3v) is 12.9. The molecule has 294 valence electrons. The quantitative estimate of drug-likeness (QED) is 0.148. The van der Waals surface area contributed by atoms with E-state index in [0.717, 1.165) is 17.1 Å². The number of hydrogen-bond donors (Lipinski definition) is 0. The fourth-order valence-corrected chi connectivity index (χ4v) is 9.82. The zero-order valence-electron chi connectivity index (χ0n) is 35.0. The first-order chi connectivity index (χ1) is 30.5. The zero-order valence-corrected chi connectivity index (χ0v) is 35.0. The van der Waals surface area contributed by atoms with Crippen molar-refractivity contribution in [3.63, 3.8) is 0 Å². The van der Waals surface area contributed by atoms with Gasteiger partial charge < -0.3 is 4.90 Å². The Labute approximate surface area is 364 Å². The Kier molecular flexibility index (Phi) is 9.24. The van der Waals surface area contributed by atoms with Gasteiger partial charge in [-0.2, -0.15) is 0 Å². The van der Waals surface area contributed by atoms with Crippen molar-refractivity contribution in [1.82, 2.24) is 0 Å². The predicted octanol–water partition coefficient (Wildman–Crippen LogP) is 17.0. The van der Waals surface area contributed by atoms with Crippen LogP contribution in [-0.4, -0.2) is 0 Å². The van der Waals surface area contributed by atoms with Gasteiger partial charge in [0.05, 0.1) is 5.69 Å². The third-order valence-electron chi connectivity index (χ3n) is 12.9. The summed E-state index contributed by atoms with van der Waals surface area (Å²) in [6.07, 6.45) is 0. The lowest BCUT2D eigenvalue weighted by atomic mass is 9.82. The van der Waals surface area contributed by atoms with Gasteiger partial charge in [0, 0.05) is 22.4 Å². The van der Waals surface area contributed by atoms with Crippen LogP contribution < -0.4 is 4.90 Å². The topological polar surface area (TPSA) is 3.24 Å². The summed E-state index contributed by atoms with van der Waals surface area (Å²) in [5, 5.41) is 2.48. The second-order valence-electron chi connectivity index (χ2n) is 16.9. The van der Waals surface area contributed by atoms with Crippen molar-refractivity contribution in [3.05, 3.63) is 248 Å². The number of para-hydroxylation sites is 1. The van der Waals surface area contributed by atoms with E-state index in [1.54, 1.807) is 0 Å². The molecule has 0 aliphatic heterocycles. The Morgan fingerprint density at radius 2 is 0.758 bits per heavy atom. The van der Waals surface area contributed by atoms with Gasteiger partial charge in [0.15, 0.2) is 0 Å². The van der Waals surface area contributed by atoms with Crippen LogP contribution in [-0.2, 0) is 5.41 Å². The van der Waals surface area contributed by atoms with E-state index in [4.69, 9.17) is 0 Å². The van der Waals surface area contributed by atoms with Gasteiger partial charge in [-0.05, 0) is 126 Å². The summed E-state index contributed by atoms with van der Waals surface area (Å²) in [7, 11) is 0. The molecule has 0 N–H and O–H groups in total. The normalized spacial score (nSPS) is 12.5. The minimum Gasteiger partial charge on any atom is -0.310 e. The molecule has 0 unspecified atom stereocenters. The van der Waals surface area contributed by atoms with E-state index >= 15 is 0 Å². The summed E-state index contributed by atoms with van der Waals surface area (Å²) in [6.45, 7) is 4.72. The van der Waals surface area contributed by atoms with Crippen molar-refractivity contribution in [3.8, 4) is 66.8 Å². The first kappa shape index (κ1) is 37.3. The lowest BCUT2D eigenvalue weighted by molar-refractivity contribution is 0.660. The van der Waals surface area contributed by atoms with Crippen LogP contribution in [0.4, 0.5) is 17.1 Å². The van der Waals surface area contributed by atoms with Crippen molar-refractivity contribution < 1.29 is 0 Å². The maximum atomic E-state index is 2.45. The number of nitrogens with zero attached hydrogens (tertiary/aromatic N) is 1. The third kappa shape index (κ3) is 6.42. The Morgan fingerprint density at radius 3 is 1.42 bits per heavy atom. The summed E-state index contributed by atoms with van der Waals surface area (Å²) < 4.78 is 0. The van der Waals surface area contributed by atoms with Gasteiger partial charge in [0.1, 0.15) is 0 Å². The molecule has 0 amide bonds. The molecule has 1 aliphatic carbocycles. The molecule has 0 spiro atoms. The molecule has 10 aromatic rings. The van der Waals surface area contributed by atoms with Crippen LogP contribution in [0.3, 0.4) is 0 Å². The van der Waals surface area contributed by atoms with Crippen LogP contribution in [0.5, 0.6) is 0 Å². The van der Waals surface area contributed by atoms with Crippen molar-refractivity contribution >= 4 is 27.8 Å². The molecule has 0 bridgehead atoms.